The van der Waals surface area contributed by atoms with Crippen molar-refractivity contribution >= 4 is 17.9 Å². The lowest BCUT2D eigenvalue weighted by Crippen LogP contribution is -2.44. The van der Waals surface area contributed by atoms with Gasteiger partial charge in [-0.05, 0) is 36.1 Å². The third-order valence-electron chi connectivity index (χ3n) is 5.30. The second kappa shape index (κ2) is 11.2. The molecule has 0 saturated carbocycles. The number of piperidine rings is 1. The minimum Gasteiger partial charge on any atom is -0.484 e. The molecule has 0 unspecified atom stereocenters. The Bertz CT molecular complexity index is 912. The van der Waals surface area contributed by atoms with Crippen LogP contribution in [0.25, 0.3) is 6.08 Å². The molecule has 2 aromatic rings. The standard InChI is InChI=1S/C25H32N4O2/c1-26-25(29-14-12-21(13-15-29)16-20-8-5-4-6-9-20)27-18-22-10-7-11-23(17-22)31-19-24(30)28(2)3/h4-11,16-17H,12-15,18-19H2,1-3H3,(H,26,27). The highest BCUT2D eigenvalue weighted by Crippen LogP contribution is 2.20. The summed E-state index contributed by atoms with van der Waals surface area (Å²) in [7, 11) is 5.27. The largest absolute Gasteiger partial charge is 0.484 e. The van der Waals surface area contributed by atoms with E-state index in [0.717, 1.165) is 37.5 Å². The van der Waals surface area contributed by atoms with Crippen molar-refractivity contribution < 1.29 is 9.53 Å². The molecule has 6 nitrogen and oxygen atoms in total. The number of guanidine groups is 1. The minimum atomic E-state index is -0.0605. The number of nitrogens with one attached hydrogen (secondary N) is 1. The van der Waals surface area contributed by atoms with E-state index in [2.05, 4.69) is 45.6 Å². The van der Waals surface area contributed by atoms with Gasteiger partial charge in [0, 0.05) is 40.8 Å². The Morgan fingerprint density at radius 2 is 1.87 bits per heavy atom. The third-order valence-corrected chi connectivity index (χ3v) is 5.30. The topological polar surface area (TPSA) is 57.2 Å². The Kier molecular flexibility index (Phi) is 8.10. The summed E-state index contributed by atoms with van der Waals surface area (Å²) in [5, 5.41) is 3.46. The van der Waals surface area contributed by atoms with E-state index in [0.29, 0.717) is 12.3 Å². The molecular formula is C25H32N4O2. The monoisotopic (exact) mass is 420 g/mol. The lowest BCUT2D eigenvalue weighted by molar-refractivity contribution is -0.130. The molecule has 0 radical (unpaired) electrons. The lowest BCUT2D eigenvalue weighted by Gasteiger charge is -2.31. The molecule has 0 aliphatic carbocycles. The number of carbonyl (C=O) groups excluding carboxylic acids is 1. The van der Waals surface area contributed by atoms with Crippen LogP contribution < -0.4 is 10.1 Å². The number of rotatable bonds is 6. The Labute approximate surface area is 185 Å². The van der Waals surface area contributed by atoms with Crippen LogP contribution in [-0.4, -0.2) is 62.5 Å². The Morgan fingerprint density at radius 3 is 2.55 bits per heavy atom. The van der Waals surface area contributed by atoms with Gasteiger partial charge in [-0.1, -0.05) is 54.1 Å². The van der Waals surface area contributed by atoms with Crippen molar-refractivity contribution in [1.29, 1.82) is 0 Å². The summed E-state index contributed by atoms with van der Waals surface area (Å²) in [6.07, 6.45) is 4.39. The van der Waals surface area contributed by atoms with Crippen molar-refractivity contribution in [2.45, 2.75) is 19.4 Å². The van der Waals surface area contributed by atoms with Crippen molar-refractivity contribution in [2.75, 3.05) is 40.8 Å². The fourth-order valence-electron chi connectivity index (χ4n) is 3.47. The molecule has 3 rings (SSSR count). The predicted molar refractivity (Wildman–Crippen MR) is 126 cm³/mol. The molecule has 1 amide bonds. The van der Waals surface area contributed by atoms with Gasteiger partial charge in [-0.3, -0.25) is 9.79 Å². The van der Waals surface area contributed by atoms with Crippen LogP contribution in [0, 0.1) is 0 Å². The second-order valence-electron chi connectivity index (χ2n) is 7.83. The Hall–Kier alpha value is -3.28. The van der Waals surface area contributed by atoms with Crippen molar-refractivity contribution in [3.8, 4) is 5.75 Å². The van der Waals surface area contributed by atoms with Crippen LogP contribution in [-0.2, 0) is 11.3 Å². The molecule has 1 aliphatic heterocycles. The van der Waals surface area contributed by atoms with Gasteiger partial charge in [0.2, 0.25) is 0 Å². The summed E-state index contributed by atoms with van der Waals surface area (Å²) in [6, 6.07) is 18.3. The molecule has 1 heterocycles. The number of hydrogen-bond acceptors (Lipinski definition) is 3. The maximum Gasteiger partial charge on any atom is 0.259 e. The summed E-state index contributed by atoms with van der Waals surface area (Å²) in [5.74, 6) is 1.54. The maximum absolute atomic E-state index is 11.7. The molecule has 6 heteroatoms. The van der Waals surface area contributed by atoms with E-state index < -0.39 is 0 Å². The van der Waals surface area contributed by atoms with E-state index in [9.17, 15) is 4.79 Å². The molecular weight excluding hydrogens is 388 g/mol. The quantitative estimate of drug-likeness (QED) is 0.575. The van der Waals surface area contributed by atoms with E-state index in [1.165, 1.54) is 16.0 Å². The first-order chi connectivity index (χ1) is 15.0. The van der Waals surface area contributed by atoms with Crippen LogP contribution in [0.15, 0.2) is 65.2 Å². The number of likely N-dealkylation sites (N-methyl/N-ethyl adjacent to an activating group) is 1. The van der Waals surface area contributed by atoms with Crippen LogP contribution in [0.5, 0.6) is 5.75 Å². The average molecular weight is 421 g/mol. The van der Waals surface area contributed by atoms with Gasteiger partial charge in [-0.15, -0.1) is 0 Å². The van der Waals surface area contributed by atoms with Crippen LogP contribution >= 0.6 is 0 Å². The molecule has 2 aromatic carbocycles. The zero-order chi connectivity index (χ0) is 22.1. The fraction of sp³-hybridized carbons (Fsp3) is 0.360. The van der Waals surface area contributed by atoms with E-state index in [1.54, 1.807) is 14.1 Å². The molecule has 164 valence electrons. The second-order valence-corrected chi connectivity index (χ2v) is 7.83. The van der Waals surface area contributed by atoms with Gasteiger partial charge in [0.1, 0.15) is 5.75 Å². The number of amides is 1. The van der Waals surface area contributed by atoms with E-state index in [-0.39, 0.29) is 12.5 Å². The first-order valence-corrected chi connectivity index (χ1v) is 10.7. The van der Waals surface area contributed by atoms with Gasteiger partial charge >= 0.3 is 0 Å². The Morgan fingerprint density at radius 1 is 1.13 bits per heavy atom. The number of hydrogen-bond donors (Lipinski definition) is 1. The third kappa shape index (κ3) is 6.88. The SMILES string of the molecule is CN=C(NCc1cccc(OCC(=O)N(C)C)c1)N1CCC(=Cc2ccccc2)CC1. The summed E-state index contributed by atoms with van der Waals surface area (Å²) < 4.78 is 5.61. The van der Waals surface area contributed by atoms with Crippen LogP contribution in [0.1, 0.15) is 24.0 Å². The van der Waals surface area contributed by atoms with E-state index >= 15 is 0 Å². The number of benzene rings is 2. The van der Waals surface area contributed by atoms with Crippen molar-refractivity contribution in [3.63, 3.8) is 0 Å². The van der Waals surface area contributed by atoms with Crippen molar-refractivity contribution in [1.82, 2.24) is 15.1 Å². The maximum atomic E-state index is 11.7. The van der Waals surface area contributed by atoms with Crippen molar-refractivity contribution in [2.24, 2.45) is 4.99 Å². The van der Waals surface area contributed by atoms with E-state index in [1.807, 2.05) is 37.4 Å². The van der Waals surface area contributed by atoms with Crippen LogP contribution in [0.4, 0.5) is 0 Å². The summed E-state index contributed by atoms with van der Waals surface area (Å²) in [6.45, 7) is 2.59. The van der Waals surface area contributed by atoms with Crippen molar-refractivity contribution in [3.05, 3.63) is 71.3 Å². The van der Waals surface area contributed by atoms with Crippen LogP contribution in [0.2, 0.25) is 0 Å². The van der Waals surface area contributed by atoms with Crippen LogP contribution in [0.3, 0.4) is 0 Å². The van der Waals surface area contributed by atoms with Gasteiger partial charge in [0.05, 0.1) is 0 Å². The minimum absolute atomic E-state index is 0.0398. The first kappa shape index (κ1) is 22.4. The van der Waals surface area contributed by atoms with E-state index in [4.69, 9.17) is 4.74 Å². The number of nitrogens with zero attached hydrogens (tertiary/aromatic N) is 3. The summed E-state index contributed by atoms with van der Waals surface area (Å²) in [5.41, 5.74) is 3.83. The number of aliphatic imine (C=N–C) groups is 1. The molecule has 1 fully saturated rings. The molecule has 1 aliphatic rings. The Balaban J connectivity index is 1.50. The zero-order valence-electron chi connectivity index (χ0n) is 18.7. The van der Waals surface area contributed by atoms with Gasteiger partial charge < -0.3 is 19.9 Å². The van der Waals surface area contributed by atoms with Gasteiger partial charge in [0.25, 0.3) is 5.91 Å². The molecule has 0 aromatic heterocycles. The molecule has 1 N–H and O–H groups in total. The number of likely N-dealkylation sites (tertiary alicyclic amines) is 1. The number of ether oxygens (including phenoxy) is 1. The lowest BCUT2D eigenvalue weighted by atomic mass is 10.0. The predicted octanol–water partition coefficient (Wildman–Crippen LogP) is 3.41. The highest BCUT2D eigenvalue weighted by Gasteiger charge is 2.17. The highest BCUT2D eigenvalue weighted by molar-refractivity contribution is 5.80. The fourth-order valence-corrected chi connectivity index (χ4v) is 3.47. The van der Waals surface area contributed by atoms with Gasteiger partial charge in [0.15, 0.2) is 12.6 Å². The first-order valence-electron chi connectivity index (χ1n) is 10.7. The zero-order valence-corrected chi connectivity index (χ0v) is 18.7. The summed E-state index contributed by atoms with van der Waals surface area (Å²) >= 11 is 0. The van der Waals surface area contributed by atoms with Gasteiger partial charge in [-0.2, -0.15) is 0 Å². The number of carbonyl (C=O) groups is 1. The molecule has 0 spiro atoms. The molecule has 1 saturated heterocycles. The average Bonchev–Trinajstić information content (AvgIpc) is 2.80. The highest BCUT2D eigenvalue weighted by atomic mass is 16.5. The molecule has 0 atom stereocenters. The molecule has 0 bridgehead atoms. The smallest absolute Gasteiger partial charge is 0.259 e. The molecule has 31 heavy (non-hydrogen) atoms. The normalized spacial score (nSPS) is 14.2. The summed E-state index contributed by atoms with van der Waals surface area (Å²) in [4.78, 5) is 20.0. The van der Waals surface area contributed by atoms with Gasteiger partial charge in [-0.25, -0.2) is 0 Å².